The summed E-state index contributed by atoms with van der Waals surface area (Å²) < 4.78 is 28.3. The van der Waals surface area contributed by atoms with E-state index in [0.717, 1.165) is 12.4 Å². The Balaban J connectivity index is 2.24. The molecule has 0 fully saturated rings. The van der Waals surface area contributed by atoms with Gasteiger partial charge >= 0.3 is 0 Å². The first-order chi connectivity index (χ1) is 8.22. The van der Waals surface area contributed by atoms with Crippen LogP contribution in [0.15, 0.2) is 18.2 Å². The molecule has 0 radical (unpaired) electrons. The third kappa shape index (κ3) is 6.01. The molecular weight excluding hydrogens is 228 g/mol. The number of nitrogens with zero attached hydrogens (tertiary/aromatic N) is 1. The van der Waals surface area contributed by atoms with Crippen molar-refractivity contribution in [3.05, 3.63) is 18.2 Å². The molecule has 2 N–H and O–H groups in total. The van der Waals surface area contributed by atoms with E-state index in [4.69, 9.17) is 4.74 Å². The van der Waals surface area contributed by atoms with E-state index < -0.39 is 13.0 Å². The average Bonchev–Trinajstić information content (AvgIpc) is 2.29. The monoisotopic (exact) mass is 245 g/mol. The molecule has 0 bridgehead atoms. The van der Waals surface area contributed by atoms with Crippen molar-refractivity contribution in [2.45, 2.75) is 13.3 Å². The molecule has 1 heterocycles. The minimum absolute atomic E-state index is 0.234. The summed E-state index contributed by atoms with van der Waals surface area (Å²) >= 11 is 0. The van der Waals surface area contributed by atoms with Crippen LogP contribution in [0.5, 0.6) is 0 Å². The lowest BCUT2D eigenvalue weighted by molar-refractivity contribution is 0.0215. The first kappa shape index (κ1) is 13.6. The molecule has 0 atom stereocenters. The van der Waals surface area contributed by atoms with Gasteiger partial charge in [-0.25, -0.2) is 13.8 Å². The molecule has 1 aromatic rings. The average molecular weight is 245 g/mol. The maximum absolute atomic E-state index is 11.8. The molecule has 17 heavy (non-hydrogen) atoms. The molecule has 1 rings (SSSR count). The topological polar surface area (TPSA) is 46.2 Å². The van der Waals surface area contributed by atoms with Crippen molar-refractivity contribution in [1.82, 2.24) is 4.98 Å². The van der Waals surface area contributed by atoms with Gasteiger partial charge in [-0.1, -0.05) is 6.07 Å². The third-order valence-electron chi connectivity index (χ3n) is 1.90. The second-order valence-electron chi connectivity index (χ2n) is 3.33. The number of pyridine rings is 1. The smallest absolute Gasteiger partial charge is 0.261 e. The summed E-state index contributed by atoms with van der Waals surface area (Å²) in [6, 6.07) is 5.54. The van der Waals surface area contributed by atoms with Gasteiger partial charge in [-0.15, -0.1) is 0 Å². The largest absolute Gasteiger partial charge is 0.374 e. The zero-order chi connectivity index (χ0) is 12.5. The summed E-state index contributed by atoms with van der Waals surface area (Å²) in [5, 5.41) is 6.08. The van der Waals surface area contributed by atoms with Crippen molar-refractivity contribution in [2.24, 2.45) is 0 Å². The van der Waals surface area contributed by atoms with Crippen molar-refractivity contribution in [2.75, 3.05) is 36.9 Å². The zero-order valence-electron chi connectivity index (χ0n) is 9.75. The number of halogens is 2. The Hall–Kier alpha value is -1.43. The molecular formula is C11H17F2N3O. The van der Waals surface area contributed by atoms with Crippen LogP contribution in [0, 0.1) is 0 Å². The van der Waals surface area contributed by atoms with Gasteiger partial charge in [-0.3, -0.25) is 0 Å². The van der Waals surface area contributed by atoms with Crippen LogP contribution in [0.2, 0.25) is 0 Å². The van der Waals surface area contributed by atoms with Crippen LogP contribution >= 0.6 is 0 Å². The molecule has 0 saturated heterocycles. The lowest BCUT2D eigenvalue weighted by Gasteiger charge is -2.08. The Morgan fingerprint density at radius 2 is 2.00 bits per heavy atom. The first-order valence-electron chi connectivity index (χ1n) is 5.53. The molecule has 4 nitrogen and oxygen atoms in total. The normalized spacial score (nSPS) is 10.6. The van der Waals surface area contributed by atoms with Crippen LogP contribution in [-0.2, 0) is 4.74 Å². The summed E-state index contributed by atoms with van der Waals surface area (Å²) in [6.07, 6.45) is -2.41. The lowest BCUT2D eigenvalue weighted by atomic mass is 10.4. The van der Waals surface area contributed by atoms with Crippen molar-refractivity contribution < 1.29 is 13.5 Å². The van der Waals surface area contributed by atoms with Gasteiger partial charge in [0, 0.05) is 13.1 Å². The molecule has 0 amide bonds. The fraction of sp³-hybridized carbons (Fsp3) is 0.545. The summed E-state index contributed by atoms with van der Waals surface area (Å²) in [5.41, 5.74) is 0. The molecule has 0 aliphatic rings. The number of rotatable bonds is 8. The lowest BCUT2D eigenvalue weighted by Crippen LogP contribution is -2.14. The number of hydrogen-bond acceptors (Lipinski definition) is 4. The SMILES string of the molecule is CCNc1cccc(NCCOCC(F)F)n1. The van der Waals surface area contributed by atoms with Gasteiger partial charge in [0.2, 0.25) is 0 Å². The minimum atomic E-state index is -2.41. The number of aromatic nitrogens is 1. The maximum Gasteiger partial charge on any atom is 0.261 e. The quantitative estimate of drug-likeness (QED) is 0.689. The highest BCUT2D eigenvalue weighted by Gasteiger charge is 2.01. The second-order valence-corrected chi connectivity index (χ2v) is 3.33. The summed E-state index contributed by atoms with van der Waals surface area (Å²) in [4.78, 5) is 4.27. The van der Waals surface area contributed by atoms with Gasteiger partial charge in [0.05, 0.1) is 6.61 Å². The molecule has 0 spiro atoms. The molecule has 0 saturated carbocycles. The van der Waals surface area contributed by atoms with E-state index in [1.54, 1.807) is 0 Å². The Morgan fingerprint density at radius 3 is 2.65 bits per heavy atom. The van der Waals surface area contributed by atoms with E-state index in [-0.39, 0.29) is 6.61 Å². The van der Waals surface area contributed by atoms with Gasteiger partial charge in [-0.05, 0) is 19.1 Å². The van der Waals surface area contributed by atoms with Crippen LogP contribution in [-0.4, -0.2) is 37.7 Å². The van der Waals surface area contributed by atoms with Crippen molar-refractivity contribution in [3.63, 3.8) is 0 Å². The Morgan fingerprint density at radius 1 is 1.29 bits per heavy atom. The molecule has 6 heteroatoms. The maximum atomic E-state index is 11.8. The van der Waals surface area contributed by atoms with Crippen LogP contribution in [0.3, 0.4) is 0 Å². The molecule has 1 aromatic heterocycles. The Kier molecular flexibility index (Phi) is 6.24. The van der Waals surface area contributed by atoms with E-state index >= 15 is 0 Å². The van der Waals surface area contributed by atoms with Gasteiger partial charge in [0.15, 0.2) is 0 Å². The van der Waals surface area contributed by atoms with Gasteiger partial charge in [0.1, 0.15) is 18.2 Å². The first-order valence-corrected chi connectivity index (χ1v) is 5.53. The van der Waals surface area contributed by atoms with E-state index in [1.807, 2.05) is 25.1 Å². The molecule has 0 unspecified atom stereocenters. The fourth-order valence-corrected chi connectivity index (χ4v) is 1.24. The van der Waals surface area contributed by atoms with Crippen LogP contribution < -0.4 is 10.6 Å². The van der Waals surface area contributed by atoms with E-state index in [9.17, 15) is 8.78 Å². The molecule has 0 aliphatic carbocycles. The minimum Gasteiger partial charge on any atom is -0.374 e. The van der Waals surface area contributed by atoms with Crippen molar-refractivity contribution >= 4 is 11.6 Å². The van der Waals surface area contributed by atoms with Gasteiger partial charge in [0.25, 0.3) is 6.43 Å². The van der Waals surface area contributed by atoms with E-state index in [1.165, 1.54) is 0 Å². The number of anilines is 2. The van der Waals surface area contributed by atoms with Crippen molar-refractivity contribution in [3.8, 4) is 0 Å². The van der Waals surface area contributed by atoms with Crippen molar-refractivity contribution in [1.29, 1.82) is 0 Å². The Labute approximate surface area is 99.4 Å². The zero-order valence-corrected chi connectivity index (χ0v) is 9.75. The summed E-state index contributed by atoms with van der Waals surface area (Å²) in [7, 11) is 0. The third-order valence-corrected chi connectivity index (χ3v) is 1.90. The van der Waals surface area contributed by atoms with Crippen LogP contribution in [0.4, 0.5) is 20.4 Å². The Bertz CT molecular complexity index is 323. The predicted octanol–water partition coefficient (Wildman–Crippen LogP) is 2.21. The molecule has 96 valence electrons. The molecule has 0 aromatic carbocycles. The van der Waals surface area contributed by atoms with Crippen LogP contribution in [0.1, 0.15) is 6.92 Å². The summed E-state index contributed by atoms with van der Waals surface area (Å²) in [6.45, 7) is 2.95. The number of ether oxygens (including phenoxy) is 1. The predicted molar refractivity (Wildman–Crippen MR) is 63.7 cm³/mol. The van der Waals surface area contributed by atoms with E-state index in [0.29, 0.717) is 12.4 Å². The highest BCUT2D eigenvalue weighted by Crippen LogP contribution is 2.08. The van der Waals surface area contributed by atoms with Gasteiger partial charge < -0.3 is 15.4 Å². The summed E-state index contributed by atoms with van der Waals surface area (Å²) in [5.74, 6) is 1.48. The number of nitrogens with one attached hydrogen (secondary N) is 2. The highest BCUT2D eigenvalue weighted by molar-refractivity contribution is 5.44. The number of alkyl halides is 2. The van der Waals surface area contributed by atoms with Gasteiger partial charge in [-0.2, -0.15) is 0 Å². The number of hydrogen-bond donors (Lipinski definition) is 2. The highest BCUT2D eigenvalue weighted by atomic mass is 19.3. The standard InChI is InChI=1S/C11H17F2N3O/c1-2-14-10-4-3-5-11(16-10)15-6-7-17-8-9(12)13/h3-5,9H,2,6-8H2,1H3,(H2,14,15,16). The second kappa shape index (κ2) is 7.78. The molecule has 0 aliphatic heterocycles. The van der Waals surface area contributed by atoms with E-state index in [2.05, 4.69) is 15.6 Å². The fourth-order valence-electron chi connectivity index (χ4n) is 1.24. The van der Waals surface area contributed by atoms with Crippen LogP contribution in [0.25, 0.3) is 0 Å².